The van der Waals surface area contributed by atoms with Gasteiger partial charge in [0.05, 0.1) is 11.5 Å². The number of benzene rings is 1. The van der Waals surface area contributed by atoms with Crippen LogP contribution >= 0.6 is 0 Å². The van der Waals surface area contributed by atoms with Gasteiger partial charge in [0.1, 0.15) is 5.82 Å². The van der Waals surface area contributed by atoms with Crippen molar-refractivity contribution in [2.45, 2.75) is 31.7 Å². The summed E-state index contributed by atoms with van der Waals surface area (Å²) in [4.78, 5) is 14.3. The van der Waals surface area contributed by atoms with Crippen LogP contribution in [-0.4, -0.2) is 43.3 Å². The summed E-state index contributed by atoms with van der Waals surface area (Å²) in [6, 6.07) is 6.34. The third-order valence-electron chi connectivity index (χ3n) is 4.69. The molecule has 3 unspecified atom stereocenters. The Morgan fingerprint density at radius 2 is 2.09 bits per heavy atom. The van der Waals surface area contributed by atoms with Crippen molar-refractivity contribution >= 4 is 15.7 Å². The van der Waals surface area contributed by atoms with Crippen LogP contribution in [0.4, 0.5) is 4.39 Å². The maximum absolute atomic E-state index is 13.8. The van der Waals surface area contributed by atoms with Crippen molar-refractivity contribution in [1.29, 1.82) is 0 Å². The van der Waals surface area contributed by atoms with Crippen molar-refractivity contribution in [3.8, 4) is 0 Å². The molecule has 120 valence electrons. The highest BCUT2D eigenvalue weighted by molar-refractivity contribution is 7.91. The van der Waals surface area contributed by atoms with E-state index in [2.05, 4.69) is 0 Å². The van der Waals surface area contributed by atoms with Crippen LogP contribution in [-0.2, 0) is 14.6 Å². The summed E-state index contributed by atoms with van der Waals surface area (Å²) >= 11 is 0. The van der Waals surface area contributed by atoms with Crippen LogP contribution in [0.15, 0.2) is 24.3 Å². The fourth-order valence-corrected chi connectivity index (χ4v) is 5.15. The minimum Gasteiger partial charge on any atom is -0.339 e. The standard InChI is InChI=1S/C16H20FNO3S/c1-2-18(11-7-8-22(20,21)10-11)16(19)14-9-13(14)12-5-3-4-6-15(12)17/h3-6,11,13-14H,2,7-10H2,1H3. The van der Waals surface area contributed by atoms with E-state index in [-0.39, 0.29) is 41.1 Å². The fraction of sp³-hybridized carbons (Fsp3) is 0.562. The Kier molecular flexibility index (Phi) is 3.97. The summed E-state index contributed by atoms with van der Waals surface area (Å²) < 4.78 is 37.0. The summed E-state index contributed by atoms with van der Waals surface area (Å²) in [5.74, 6) is -0.361. The molecule has 6 heteroatoms. The lowest BCUT2D eigenvalue weighted by atomic mass is 10.1. The van der Waals surface area contributed by atoms with Crippen molar-refractivity contribution in [1.82, 2.24) is 4.90 Å². The molecule has 1 aromatic rings. The van der Waals surface area contributed by atoms with Crippen LogP contribution in [0.1, 0.15) is 31.2 Å². The van der Waals surface area contributed by atoms with Crippen molar-refractivity contribution in [2.24, 2.45) is 5.92 Å². The van der Waals surface area contributed by atoms with E-state index in [1.807, 2.05) is 6.92 Å². The van der Waals surface area contributed by atoms with Gasteiger partial charge in [-0.1, -0.05) is 18.2 Å². The third-order valence-corrected chi connectivity index (χ3v) is 6.44. The first-order valence-electron chi connectivity index (χ1n) is 7.68. The molecule has 2 aliphatic rings. The predicted molar refractivity (Wildman–Crippen MR) is 81.7 cm³/mol. The highest BCUT2D eigenvalue weighted by atomic mass is 32.2. The molecule has 1 aliphatic carbocycles. The van der Waals surface area contributed by atoms with Crippen LogP contribution < -0.4 is 0 Å². The summed E-state index contributed by atoms with van der Waals surface area (Å²) in [7, 11) is -3.02. The molecule has 1 saturated carbocycles. The second kappa shape index (κ2) is 5.65. The zero-order valence-corrected chi connectivity index (χ0v) is 13.4. The molecule has 1 heterocycles. The maximum Gasteiger partial charge on any atom is 0.226 e. The van der Waals surface area contributed by atoms with Gasteiger partial charge in [0.25, 0.3) is 0 Å². The Balaban J connectivity index is 1.71. The summed E-state index contributed by atoms with van der Waals surface area (Å²) in [5.41, 5.74) is 0.593. The first kappa shape index (κ1) is 15.5. The van der Waals surface area contributed by atoms with Crippen LogP contribution in [0, 0.1) is 11.7 Å². The average Bonchev–Trinajstić information content (AvgIpc) is 3.18. The summed E-state index contributed by atoms with van der Waals surface area (Å²) in [5, 5.41) is 0. The van der Waals surface area contributed by atoms with Gasteiger partial charge in [-0.3, -0.25) is 4.79 Å². The molecule has 1 amide bonds. The SMILES string of the molecule is CCN(C(=O)C1CC1c1ccccc1F)C1CCS(=O)(=O)C1. The molecule has 1 aromatic carbocycles. The highest BCUT2D eigenvalue weighted by Gasteiger charge is 2.48. The van der Waals surface area contributed by atoms with Crippen LogP contribution in [0.2, 0.25) is 0 Å². The van der Waals surface area contributed by atoms with Crippen LogP contribution in [0.3, 0.4) is 0 Å². The molecule has 0 aromatic heterocycles. The maximum atomic E-state index is 13.8. The fourth-order valence-electron chi connectivity index (χ4n) is 3.42. The lowest BCUT2D eigenvalue weighted by Gasteiger charge is -2.27. The second-order valence-electron chi connectivity index (χ2n) is 6.15. The van der Waals surface area contributed by atoms with Crippen molar-refractivity contribution in [2.75, 3.05) is 18.1 Å². The topological polar surface area (TPSA) is 54.5 Å². The smallest absolute Gasteiger partial charge is 0.226 e. The van der Waals surface area contributed by atoms with Gasteiger partial charge in [-0.2, -0.15) is 0 Å². The normalized spacial score (nSPS) is 29.3. The molecular formula is C16H20FNO3S. The quantitative estimate of drug-likeness (QED) is 0.850. The Bertz CT molecular complexity index is 688. The third kappa shape index (κ3) is 2.89. The van der Waals surface area contributed by atoms with E-state index in [9.17, 15) is 17.6 Å². The van der Waals surface area contributed by atoms with Gasteiger partial charge < -0.3 is 4.90 Å². The van der Waals surface area contributed by atoms with E-state index in [0.29, 0.717) is 24.9 Å². The molecule has 3 atom stereocenters. The number of nitrogens with zero attached hydrogens (tertiary/aromatic N) is 1. The van der Waals surface area contributed by atoms with E-state index in [1.54, 1.807) is 23.1 Å². The number of hydrogen-bond acceptors (Lipinski definition) is 3. The highest BCUT2D eigenvalue weighted by Crippen LogP contribution is 2.49. The number of carbonyl (C=O) groups excluding carboxylic acids is 1. The van der Waals surface area contributed by atoms with Gasteiger partial charge in [0, 0.05) is 18.5 Å². The predicted octanol–water partition coefficient (Wildman–Crippen LogP) is 1.96. The molecule has 22 heavy (non-hydrogen) atoms. The van der Waals surface area contributed by atoms with E-state index in [0.717, 1.165) is 0 Å². The molecule has 0 bridgehead atoms. The minimum absolute atomic E-state index is 0.0298. The number of sulfone groups is 1. The van der Waals surface area contributed by atoms with E-state index in [4.69, 9.17) is 0 Å². The first-order valence-corrected chi connectivity index (χ1v) is 9.50. The largest absolute Gasteiger partial charge is 0.339 e. The van der Waals surface area contributed by atoms with Gasteiger partial charge in [0.2, 0.25) is 5.91 Å². The molecule has 0 spiro atoms. The monoisotopic (exact) mass is 325 g/mol. The van der Waals surface area contributed by atoms with Gasteiger partial charge in [-0.25, -0.2) is 12.8 Å². The van der Waals surface area contributed by atoms with E-state index < -0.39 is 9.84 Å². The van der Waals surface area contributed by atoms with Gasteiger partial charge in [-0.15, -0.1) is 0 Å². The number of halogens is 1. The molecule has 0 radical (unpaired) electrons. The molecule has 4 nitrogen and oxygen atoms in total. The molecule has 3 rings (SSSR count). The average molecular weight is 325 g/mol. The Morgan fingerprint density at radius 1 is 1.36 bits per heavy atom. The molecule has 0 N–H and O–H groups in total. The van der Waals surface area contributed by atoms with E-state index >= 15 is 0 Å². The molecule has 2 fully saturated rings. The van der Waals surface area contributed by atoms with Gasteiger partial charge in [-0.05, 0) is 37.3 Å². The Morgan fingerprint density at radius 3 is 2.68 bits per heavy atom. The number of hydrogen-bond donors (Lipinski definition) is 0. The van der Waals surface area contributed by atoms with Crippen LogP contribution in [0.5, 0.6) is 0 Å². The van der Waals surface area contributed by atoms with Gasteiger partial charge >= 0.3 is 0 Å². The summed E-state index contributed by atoms with van der Waals surface area (Å²) in [6.45, 7) is 2.36. The number of rotatable bonds is 4. The van der Waals surface area contributed by atoms with Crippen LogP contribution in [0.25, 0.3) is 0 Å². The Labute approximate surface area is 130 Å². The second-order valence-corrected chi connectivity index (χ2v) is 8.38. The molecule has 1 aliphatic heterocycles. The zero-order chi connectivity index (χ0) is 15.9. The van der Waals surface area contributed by atoms with Crippen molar-refractivity contribution in [3.63, 3.8) is 0 Å². The number of carbonyl (C=O) groups is 1. The summed E-state index contributed by atoms with van der Waals surface area (Å²) in [6.07, 6.45) is 1.16. The first-order chi connectivity index (χ1) is 10.4. The Hall–Kier alpha value is -1.43. The van der Waals surface area contributed by atoms with Crippen molar-refractivity contribution < 1.29 is 17.6 Å². The van der Waals surface area contributed by atoms with Gasteiger partial charge in [0.15, 0.2) is 9.84 Å². The number of amides is 1. The lowest BCUT2D eigenvalue weighted by Crippen LogP contribution is -2.42. The molecule has 1 saturated heterocycles. The lowest BCUT2D eigenvalue weighted by molar-refractivity contribution is -0.134. The molecular weight excluding hydrogens is 305 g/mol. The minimum atomic E-state index is -3.02. The van der Waals surface area contributed by atoms with Crippen molar-refractivity contribution in [3.05, 3.63) is 35.6 Å². The zero-order valence-electron chi connectivity index (χ0n) is 12.5. The van der Waals surface area contributed by atoms with E-state index in [1.165, 1.54) is 6.07 Å².